The Balaban J connectivity index is 0.000000201. The largest absolute Gasteiger partial charge is 1.00 e. The molecule has 0 saturated heterocycles. The van der Waals surface area contributed by atoms with E-state index in [0.29, 0.717) is 0 Å². The summed E-state index contributed by atoms with van der Waals surface area (Å²) in [6.45, 7) is 2.07. The molecule has 0 radical (unpaired) electrons. The van der Waals surface area contributed by atoms with Crippen molar-refractivity contribution in [1.82, 2.24) is 25.4 Å². The summed E-state index contributed by atoms with van der Waals surface area (Å²) in [6.07, 6.45) is 3.42. The molecule has 3 aromatic heterocycles. The molecule has 1 aromatic carbocycles. The van der Waals surface area contributed by atoms with Gasteiger partial charge >= 0.3 is 27.9 Å². The van der Waals surface area contributed by atoms with Crippen LogP contribution in [0.3, 0.4) is 0 Å². The predicted molar refractivity (Wildman–Crippen MR) is 123 cm³/mol. The normalized spacial score (nSPS) is 12.5. The second-order valence-corrected chi connectivity index (χ2v) is 8.45. The van der Waals surface area contributed by atoms with Gasteiger partial charge in [-0.2, -0.15) is 30.0 Å². The fourth-order valence-electron chi connectivity index (χ4n) is 2.98. The van der Waals surface area contributed by atoms with E-state index in [4.69, 9.17) is 13.0 Å². The fraction of sp³-hybridized carbons (Fsp3) is 0.143. The number of hydrogen-bond acceptors (Lipinski definition) is 8. The molecule has 2 N–H and O–H groups in total. The van der Waals surface area contributed by atoms with Crippen molar-refractivity contribution in [2.24, 2.45) is 0 Å². The average Bonchev–Trinajstić information content (AvgIpc) is 3.57. The van der Waals surface area contributed by atoms with Crippen LogP contribution in [-0.4, -0.2) is 58.0 Å². The van der Waals surface area contributed by atoms with Crippen LogP contribution in [0.15, 0.2) is 67.0 Å². The molecule has 36 heavy (non-hydrogen) atoms. The summed E-state index contributed by atoms with van der Waals surface area (Å²) in [5, 5.41) is 13.6. The van der Waals surface area contributed by atoms with Crippen LogP contribution in [0.25, 0.3) is 22.8 Å². The zero-order valence-corrected chi connectivity index (χ0v) is 21.7. The van der Waals surface area contributed by atoms with Gasteiger partial charge in [0.25, 0.3) is 0 Å². The van der Waals surface area contributed by atoms with Gasteiger partial charge in [-0.15, -0.1) is 0 Å². The van der Waals surface area contributed by atoms with Crippen LogP contribution in [-0.2, 0) is 32.5 Å². The van der Waals surface area contributed by atoms with Gasteiger partial charge in [0.1, 0.15) is 0 Å². The number of fused-ring (bicyclic) bond motifs is 1. The molecule has 0 saturated carbocycles. The number of aromatic nitrogens is 5. The molecular formula is C21H20AuF3N7O3S-. The monoisotopic (exact) mass is 704 g/mol. The van der Waals surface area contributed by atoms with Crippen molar-refractivity contribution in [3.05, 3.63) is 73.7 Å². The van der Waals surface area contributed by atoms with Crippen molar-refractivity contribution in [2.75, 3.05) is 23.9 Å². The minimum absolute atomic E-state index is 0. The van der Waals surface area contributed by atoms with E-state index in [1.54, 1.807) is 12.4 Å². The summed E-state index contributed by atoms with van der Waals surface area (Å²) in [6, 6.07) is 18.0. The molecular weight excluding hydrogens is 684 g/mol. The van der Waals surface area contributed by atoms with Crippen LogP contribution in [0.4, 0.5) is 24.5 Å². The maximum absolute atomic E-state index is 10.7. The van der Waals surface area contributed by atoms with Crippen molar-refractivity contribution in [3.63, 3.8) is 0 Å². The maximum Gasteiger partial charge on any atom is 1.00 e. The van der Waals surface area contributed by atoms with Crippen molar-refractivity contribution < 1.29 is 48.5 Å². The Morgan fingerprint density at radius 1 is 0.833 bits per heavy atom. The average molecular weight is 704 g/mol. The Labute approximate surface area is 220 Å². The molecule has 5 rings (SSSR count). The number of hydrogen-bond donors (Lipinski definition) is 2. The number of nitrogens with one attached hydrogen (secondary N) is 2. The first kappa shape index (κ1) is 29.1. The summed E-state index contributed by atoms with van der Waals surface area (Å²) >= 11 is 0. The molecule has 0 spiro atoms. The molecule has 196 valence electrons. The Morgan fingerprint density at radius 2 is 1.25 bits per heavy atom. The summed E-state index contributed by atoms with van der Waals surface area (Å²) in [7, 11) is -1.97. The van der Waals surface area contributed by atoms with Gasteiger partial charge in [0.2, 0.25) is 0 Å². The first-order valence-electron chi connectivity index (χ1n) is 9.86. The van der Waals surface area contributed by atoms with Gasteiger partial charge in [-0.05, 0) is 50.5 Å². The number of anilines is 2. The molecule has 0 aliphatic carbocycles. The first-order valence-corrected chi connectivity index (χ1v) is 11.3. The van der Waals surface area contributed by atoms with Crippen LogP contribution in [0.5, 0.6) is 0 Å². The van der Waals surface area contributed by atoms with Gasteiger partial charge in [0.05, 0.1) is 22.8 Å². The Bertz CT molecular complexity index is 1260. The molecule has 0 amide bonds. The summed E-state index contributed by atoms with van der Waals surface area (Å²) in [5.74, 6) is 0. The molecule has 0 bridgehead atoms. The van der Waals surface area contributed by atoms with Crippen LogP contribution in [0.1, 0.15) is 0 Å². The van der Waals surface area contributed by atoms with Gasteiger partial charge < -0.3 is 14.4 Å². The molecule has 0 unspecified atom stereocenters. The van der Waals surface area contributed by atoms with Crippen molar-refractivity contribution in [1.29, 1.82) is 0 Å². The first-order chi connectivity index (χ1) is 16.5. The van der Waals surface area contributed by atoms with E-state index in [1.807, 2.05) is 30.3 Å². The molecule has 1 aliphatic heterocycles. The molecule has 1 aliphatic rings. The second-order valence-electron chi connectivity index (χ2n) is 7.07. The summed E-state index contributed by atoms with van der Waals surface area (Å²) in [5.41, 5.74) is 0.439. The van der Waals surface area contributed by atoms with E-state index in [0.717, 1.165) is 22.8 Å². The number of rotatable bonds is 2. The van der Waals surface area contributed by atoms with E-state index < -0.39 is 15.6 Å². The minimum atomic E-state index is -6.09. The number of para-hydroxylation sites is 2. The number of benzene rings is 1. The van der Waals surface area contributed by atoms with Gasteiger partial charge in [-0.1, -0.05) is 18.2 Å². The van der Waals surface area contributed by atoms with E-state index in [9.17, 15) is 13.2 Å². The van der Waals surface area contributed by atoms with E-state index in [1.165, 1.54) is 11.4 Å². The Hall–Kier alpha value is -3.17. The SMILES string of the molecule is CN1[CH-]N(C)c2ccccc21.O=S(=O)([O-])C(F)(F)F.[Au+].c1cc(-c2ccn[nH]2)nc(-c2ccn[nH]2)c1. The number of H-pyrrole nitrogens is 2. The predicted octanol–water partition coefficient (Wildman–Crippen LogP) is 3.60. The van der Waals surface area contributed by atoms with Crippen molar-refractivity contribution >= 4 is 21.5 Å². The Morgan fingerprint density at radius 3 is 1.58 bits per heavy atom. The number of pyridine rings is 1. The third-order valence-electron chi connectivity index (χ3n) is 4.57. The van der Waals surface area contributed by atoms with E-state index in [2.05, 4.69) is 80.2 Å². The topological polar surface area (TPSA) is 134 Å². The second kappa shape index (κ2) is 12.2. The van der Waals surface area contributed by atoms with Gasteiger partial charge in [-0.3, -0.25) is 10.2 Å². The molecule has 0 fully saturated rings. The van der Waals surface area contributed by atoms with E-state index in [-0.39, 0.29) is 22.4 Å². The molecule has 10 nitrogen and oxygen atoms in total. The van der Waals surface area contributed by atoms with Gasteiger partial charge in [-0.25, -0.2) is 13.4 Å². The van der Waals surface area contributed by atoms with Crippen LogP contribution in [0.2, 0.25) is 0 Å². The quantitative estimate of drug-likeness (QED) is 0.140. The smallest absolute Gasteiger partial charge is 0.741 e. The third kappa shape index (κ3) is 7.41. The minimum Gasteiger partial charge on any atom is -0.741 e. The van der Waals surface area contributed by atoms with Crippen molar-refractivity contribution in [2.45, 2.75) is 5.51 Å². The fourth-order valence-corrected chi connectivity index (χ4v) is 2.98. The van der Waals surface area contributed by atoms with Crippen LogP contribution in [0, 0.1) is 6.67 Å². The van der Waals surface area contributed by atoms with Crippen LogP contribution < -0.4 is 9.80 Å². The van der Waals surface area contributed by atoms with Gasteiger partial charge in [0, 0.05) is 23.8 Å². The zero-order chi connectivity index (χ0) is 25.6. The molecule has 4 aromatic rings. The number of nitrogens with zero attached hydrogens (tertiary/aromatic N) is 5. The summed E-state index contributed by atoms with van der Waals surface area (Å²) in [4.78, 5) is 8.76. The zero-order valence-electron chi connectivity index (χ0n) is 18.7. The molecule has 15 heteroatoms. The van der Waals surface area contributed by atoms with Crippen LogP contribution >= 0.6 is 0 Å². The van der Waals surface area contributed by atoms with E-state index >= 15 is 0 Å². The third-order valence-corrected chi connectivity index (χ3v) is 5.14. The standard InChI is InChI=1S/C11H9N5.C9H11N2.CHF3O3S.Au/c1-2-8(10-4-6-12-15-10)14-9(3-1)11-5-7-13-16-11;1-10-7-11(2)9-6-4-3-5-8(9)10;2-1(3,4)8(5,6)7;/h1-7H,(H,12,15)(H,13,16);3-7H,1-2H3;(H,5,6,7);/q;-1;;+1/p-1. The Kier molecular flexibility index (Phi) is 9.84. The number of alkyl halides is 3. The summed E-state index contributed by atoms with van der Waals surface area (Å²) < 4.78 is 58.9. The molecule has 4 heterocycles. The maximum atomic E-state index is 10.7. The molecule has 0 atom stereocenters. The number of halogens is 3. The number of aromatic amines is 2. The van der Waals surface area contributed by atoms with Crippen molar-refractivity contribution in [3.8, 4) is 22.8 Å². The van der Waals surface area contributed by atoms with Gasteiger partial charge in [0.15, 0.2) is 10.1 Å².